The van der Waals surface area contributed by atoms with Gasteiger partial charge in [0.15, 0.2) is 5.82 Å². The molecule has 4 aliphatic heterocycles. The molecule has 2 N–H and O–H groups in total. The summed E-state index contributed by atoms with van der Waals surface area (Å²) in [6, 6.07) is 10.8. The van der Waals surface area contributed by atoms with E-state index in [1.165, 1.54) is 25.0 Å². The van der Waals surface area contributed by atoms with E-state index < -0.39 is 11.6 Å². The zero-order valence-corrected chi connectivity index (χ0v) is 26.6. The quantitative estimate of drug-likeness (QED) is 0.159. The van der Waals surface area contributed by atoms with Gasteiger partial charge in [-0.2, -0.15) is 9.97 Å². The molecule has 7 rings (SSSR count). The van der Waals surface area contributed by atoms with Crippen molar-refractivity contribution in [3.8, 4) is 6.01 Å². The maximum absolute atomic E-state index is 16.4. The number of piperazine rings is 1. The highest BCUT2D eigenvalue weighted by atomic mass is 19.1. The van der Waals surface area contributed by atoms with Gasteiger partial charge in [0.25, 0.3) is 0 Å². The highest BCUT2D eigenvalue weighted by molar-refractivity contribution is 5.93. The summed E-state index contributed by atoms with van der Waals surface area (Å²) in [7, 11) is 0. The predicted molar refractivity (Wildman–Crippen MR) is 176 cm³/mol. The number of aliphatic hydroxyl groups excluding tert-OH is 1. The van der Waals surface area contributed by atoms with Crippen molar-refractivity contribution in [2.24, 2.45) is 0 Å². The molecule has 4 unspecified atom stereocenters. The normalized spacial score (nSPS) is 25.1. The average Bonchev–Trinajstić information content (AvgIpc) is 3.49. The first-order valence-corrected chi connectivity index (χ1v) is 16.7. The summed E-state index contributed by atoms with van der Waals surface area (Å²) in [6.45, 7) is 7.90. The molecule has 4 fully saturated rings. The lowest BCUT2D eigenvalue weighted by Gasteiger charge is -2.34. The van der Waals surface area contributed by atoms with Crippen molar-refractivity contribution >= 4 is 28.4 Å². The molecule has 0 aliphatic carbocycles. The summed E-state index contributed by atoms with van der Waals surface area (Å²) in [4.78, 5) is 13.9. The summed E-state index contributed by atoms with van der Waals surface area (Å²) in [5.41, 5.74) is 1.98. The van der Waals surface area contributed by atoms with Crippen LogP contribution in [-0.2, 0) is 11.2 Å². The molecule has 2 aromatic carbocycles. The van der Waals surface area contributed by atoms with E-state index in [1.807, 2.05) is 24.3 Å². The van der Waals surface area contributed by atoms with Gasteiger partial charge in [-0.1, -0.05) is 31.2 Å². The number of nitrogens with zero attached hydrogens (tertiary/aromatic N) is 4. The second-order valence-corrected chi connectivity index (χ2v) is 13.2. The van der Waals surface area contributed by atoms with Crippen LogP contribution < -0.4 is 15.0 Å². The zero-order valence-electron chi connectivity index (χ0n) is 26.6. The van der Waals surface area contributed by atoms with Crippen LogP contribution in [0.1, 0.15) is 62.6 Å². The van der Waals surface area contributed by atoms with Crippen LogP contribution in [0.3, 0.4) is 0 Å². The molecule has 4 saturated heterocycles. The van der Waals surface area contributed by atoms with Crippen LogP contribution in [0.25, 0.3) is 22.6 Å². The van der Waals surface area contributed by atoms with Gasteiger partial charge in [0.2, 0.25) is 0 Å². The molecule has 0 spiro atoms. The van der Waals surface area contributed by atoms with E-state index in [2.05, 4.69) is 27.0 Å². The molecule has 0 radical (unpaired) electrons. The molecule has 5 heterocycles. The predicted octanol–water partition coefficient (Wildman–Crippen LogP) is 6.05. The average molecular weight is 632 g/mol. The van der Waals surface area contributed by atoms with Gasteiger partial charge in [-0.3, -0.25) is 4.90 Å². The molecule has 244 valence electrons. The maximum Gasteiger partial charge on any atom is 0.319 e. The van der Waals surface area contributed by atoms with Crippen molar-refractivity contribution < 1.29 is 23.4 Å². The topological polar surface area (TPSA) is 83.0 Å². The number of rotatable bonds is 10. The van der Waals surface area contributed by atoms with Crippen molar-refractivity contribution in [2.45, 2.75) is 76.5 Å². The number of morpholine rings is 1. The molecule has 4 bridgehead atoms. The molecule has 46 heavy (non-hydrogen) atoms. The van der Waals surface area contributed by atoms with E-state index in [0.29, 0.717) is 55.1 Å². The number of hydrogen-bond donors (Lipinski definition) is 2. The van der Waals surface area contributed by atoms with Gasteiger partial charge >= 0.3 is 6.01 Å². The van der Waals surface area contributed by atoms with Gasteiger partial charge in [-0.15, -0.1) is 0 Å². The number of anilines is 1. The standard InChI is InChI=1S/C36H43F2N5O3/c1-3-23-6-4-7-24(15-23)16-29(44)14-22(2)32-31(37)17-30-34(33(32)38)40-36(41-35(30)42-18-25-8-9-26(19-42)39-25)46-13-5-12-43-27-10-11-28(43)21-45-20-27/h4,6-7,14-17,25-28,39,44H,3,5,8-13,18-21H2,1-2H3/b22-14+,29-16+. The highest BCUT2D eigenvalue weighted by Crippen LogP contribution is 2.36. The third-order valence-corrected chi connectivity index (χ3v) is 9.97. The van der Waals surface area contributed by atoms with Crippen molar-refractivity contribution in [3.63, 3.8) is 0 Å². The fraction of sp³-hybridized carbons (Fsp3) is 0.500. The first-order chi connectivity index (χ1) is 22.4. The number of fused-ring (bicyclic) bond motifs is 5. The Hall–Kier alpha value is -3.60. The molecule has 1 aromatic heterocycles. The number of benzene rings is 2. The Morgan fingerprint density at radius 1 is 1.09 bits per heavy atom. The molecule has 8 nitrogen and oxygen atoms in total. The minimum atomic E-state index is -0.791. The fourth-order valence-corrected chi connectivity index (χ4v) is 7.69. The smallest absolute Gasteiger partial charge is 0.319 e. The summed E-state index contributed by atoms with van der Waals surface area (Å²) < 4.78 is 44.0. The minimum Gasteiger partial charge on any atom is -0.508 e. The van der Waals surface area contributed by atoms with E-state index in [4.69, 9.17) is 14.5 Å². The Labute approximate surface area is 269 Å². The fourth-order valence-electron chi connectivity index (χ4n) is 7.69. The highest BCUT2D eigenvalue weighted by Gasteiger charge is 2.37. The third kappa shape index (κ3) is 6.35. The van der Waals surface area contributed by atoms with Crippen LogP contribution in [0.4, 0.5) is 14.6 Å². The summed E-state index contributed by atoms with van der Waals surface area (Å²) >= 11 is 0. The molecule has 4 aliphatic rings. The summed E-state index contributed by atoms with van der Waals surface area (Å²) in [5, 5.41) is 14.7. The van der Waals surface area contributed by atoms with Gasteiger partial charge < -0.3 is 24.8 Å². The largest absolute Gasteiger partial charge is 0.508 e. The Kier molecular flexibility index (Phi) is 8.94. The van der Waals surface area contributed by atoms with Crippen LogP contribution in [-0.4, -0.2) is 83.6 Å². The first kappa shape index (κ1) is 31.0. The van der Waals surface area contributed by atoms with Crippen LogP contribution in [0.2, 0.25) is 0 Å². The Morgan fingerprint density at radius 2 is 1.85 bits per heavy atom. The Balaban J connectivity index is 1.18. The second kappa shape index (κ2) is 13.3. The molecular weight excluding hydrogens is 588 g/mol. The number of aryl methyl sites for hydroxylation is 1. The number of halogens is 2. The lowest BCUT2D eigenvalue weighted by molar-refractivity contribution is -0.0161. The van der Waals surface area contributed by atoms with Crippen molar-refractivity contribution in [3.05, 3.63) is 70.5 Å². The molecule has 3 aromatic rings. The van der Waals surface area contributed by atoms with Crippen molar-refractivity contribution in [2.75, 3.05) is 44.4 Å². The van der Waals surface area contributed by atoms with E-state index in [0.717, 1.165) is 56.6 Å². The van der Waals surface area contributed by atoms with E-state index in [1.54, 1.807) is 13.0 Å². The lowest BCUT2D eigenvalue weighted by atomic mass is 10.0. The molecule has 10 heteroatoms. The maximum atomic E-state index is 16.4. The number of ether oxygens (including phenoxy) is 2. The zero-order chi connectivity index (χ0) is 31.8. The Morgan fingerprint density at radius 3 is 2.59 bits per heavy atom. The summed E-state index contributed by atoms with van der Waals surface area (Å²) in [6.07, 6.45) is 9.09. The molecular formula is C36H43F2N5O3. The molecule has 0 amide bonds. The number of nitrogens with one attached hydrogen (secondary N) is 1. The number of aromatic nitrogens is 2. The number of aliphatic hydroxyl groups is 1. The van der Waals surface area contributed by atoms with Crippen molar-refractivity contribution in [1.82, 2.24) is 20.2 Å². The lowest BCUT2D eigenvalue weighted by Crippen LogP contribution is -2.51. The minimum absolute atomic E-state index is 0.0142. The SMILES string of the molecule is CCc1cccc(/C=C(O)\C=C(/C)c2c(F)cc3c(N4CC5CCC(C4)N5)nc(OCCCN4C5CCC4COC5)nc3c2F)c1. The van der Waals surface area contributed by atoms with Gasteiger partial charge in [0, 0.05) is 49.2 Å². The van der Waals surface area contributed by atoms with E-state index in [9.17, 15) is 5.11 Å². The monoisotopic (exact) mass is 631 g/mol. The van der Waals surface area contributed by atoms with Crippen LogP contribution >= 0.6 is 0 Å². The third-order valence-electron chi connectivity index (χ3n) is 9.97. The van der Waals surface area contributed by atoms with Gasteiger partial charge in [-0.25, -0.2) is 8.78 Å². The second-order valence-electron chi connectivity index (χ2n) is 13.2. The van der Waals surface area contributed by atoms with Crippen LogP contribution in [0.15, 0.2) is 42.2 Å². The van der Waals surface area contributed by atoms with Crippen LogP contribution in [0.5, 0.6) is 6.01 Å². The number of hydrogen-bond acceptors (Lipinski definition) is 8. The van der Waals surface area contributed by atoms with Crippen LogP contribution in [0, 0.1) is 11.6 Å². The molecule has 0 saturated carbocycles. The van der Waals surface area contributed by atoms with Crippen molar-refractivity contribution in [1.29, 1.82) is 0 Å². The van der Waals surface area contributed by atoms with Gasteiger partial charge in [0.05, 0.1) is 25.4 Å². The molecule has 4 atom stereocenters. The Bertz CT molecular complexity index is 1630. The number of allylic oxidation sites excluding steroid dienone is 2. The van der Waals surface area contributed by atoms with E-state index in [-0.39, 0.29) is 28.4 Å². The van der Waals surface area contributed by atoms with E-state index >= 15 is 8.78 Å². The van der Waals surface area contributed by atoms with Gasteiger partial charge in [-0.05, 0) is 80.4 Å². The van der Waals surface area contributed by atoms with Gasteiger partial charge in [0.1, 0.15) is 22.9 Å². The first-order valence-electron chi connectivity index (χ1n) is 16.7. The summed E-state index contributed by atoms with van der Waals surface area (Å²) in [5.74, 6) is -1.12.